The van der Waals surface area contributed by atoms with Gasteiger partial charge in [0.1, 0.15) is 24.2 Å². The number of piperazine rings is 1. The summed E-state index contributed by atoms with van der Waals surface area (Å²) in [7, 11) is 1.00. The van der Waals surface area contributed by atoms with E-state index in [1.54, 1.807) is 0 Å². The Kier molecular flexibility index (Phi) is 16.1. The lowest BCUT2D eigenvalue weighted by Crippen LogP contribution is -2.48. The molecule has 3 N–H and O–H groups in total. The SMILES string of the molecule is CO.Cc1cc(C)c(/C(C(=O)O)=C(\O)C2CCC(OCCOCCN3CCN(CCOCC=O)CC3)CC2)c(C)c1. The lowest BCUT2D eigenvalue weighted by molar-refractivity contribution is -0.130. The number of carbonyl (C=O) groups is 2. The number of hydrogen-bond acceptors (Lipinski definition) is 9. The number of benzene rings is 1. The quantitative estimate of drug-likeness (QED) is 0.124. The molecule has 1 saturated heterocycles. The lowest BCUT2D eigenvalue weighted by atomic mass is 9.82. The Hall–Kier alpha value is -2.34. The molecule has 2 fully saturated rings. The van der Waals surface area contributed by atoms with Crippen LogP contribution in [-0.4, -0.2) is 123 Å². The molecule has 1 aliphatic heterocycles. The van der Waals surface area contributed by atoms with Crippen LogP contribution in [0.15, 0.2) is 17.9 Å². The van der Waals surface area contributed by atoms with Gasteiger partial charge in [-0.2, -0.15) is 0 Å². The molecule has 0 radical (unpaired) electrons. The summed E-state index contributed by atoms with van der Waals surface area (Å²) in [6.45, 7) is 14.1. The normalized spacial score (nSPS) is 20.6. The molecular formula is C31H50N2O8. The number of carbonyl (C=O) groups excluding carboxylic acids is 1. The number of aldehydes is 1. The molecule has 1 aliphatic carbocycles. The summed E-state index contributed by atoms with van der Waals surface area (Å²) in [4.78, 5) is 27.2. The van der Waals surface area contributed by atoms with Gasteiger partial charge >= 0.3 is 5.97 Å². The summed E-state index contributed by atoms with van der Waals surface area (Å²) in [5, 5.41) is 28.0. The van der Waals surface area contributed by atoms with Gasteiger partial charge in [0.15, 0.2) is 0 Å². The van der Waals surface area contributed by atoms with Crippen LogP contribution in [0, 0.1) is 26.7 Å². The molecular weight excluding hydrogens is 528 g/mol. The van der Waals surface area contributed by atoms with Crippen molar-refractivity contribution in [2.24, 2.45) is 5.92 Å². The predicted octanol–water partition coefficient (Wildman–Crippen LogP) is 3.00. The number of aliphatic hydroxyl groups excluding tert-OH is 2. The maximum Gasteiger partial charge on any atom is 0.339 e. The number of nitrogens with zero attached hydrogens (tertiary/aromatic N) is 2. The molecule has 0 aromatic heterocycles. The minimum absolute atomic E-state index is 0.00796. The molecule has 1 aromatic rings. The van der Waals surface area contributed by atoms with Crippen molar-refractivity contribution in [2.45, 2.75) is 52.6 Å². The Morgan fingerprint density at radius 2 is 1.39 bits per heavy atom. The maximum absolute atomic E-state index is 12.2. The Balaban J connectivity index is 0.00000287. The predicted molar refractivity (Wildman–Crippen MR) is 158 cm³/mol. The van der Waals surface area contributed by atoms with Gasteiger partial charge in [0.2, 0.25) is 0 Å². The van der Waals surface area contributed by atoms with Gasteiger partial charge in [-0.05, 0) is 63.1 Å². The summed E-state index contributed by atoms with van der Waals surface area (Å²) in [5.41, 5.74) is 3.48. The van der Waals surface area contributed by atoms with E-state index >= 15 is 0 Å². The van der Waals surface area contributed by atoms with E-state index in [1.165, 1.54) is 0 Å². The van der Waals surface area contributed by atoms with Crippen molar-refractivity contribution in [1.82, 2.24) is 9.80 Å². The van der Waals surface area contributed by atoms with Gasteiger partial charge in [-0.1, -0.05) is 17.7 Å². The van der Waals surface area contributed by atoms with Gasteiger partial charge in [0, 0.05) is 52.3 Å². The molecule has 1 heterocycles. The molecule has 2 aliphatic rings. The molecule has 0 unspecified atom stereocenters. The van der Waals surface area contributed by atoms with Crippen LogP contribution in [-0.2, 0) is 23.8 Å². The van der Waals surface area contributed by atoms with Gasteiger partial charge in [0.05, 0.1) is 32.5 Å². The second-order valence-corrected chi connectivity index (χ2v) is 10.7. The van der Waals surface area contributed by atoms with Crippen molar-refractivity contribution in [2.75, 3.05) is 79.4 Å². The molecule has 0 atom stereocenters. The number of aliphatic hydroxyl groups is 2. The number of hydrogen-bond donors (Lipinski definition) is 3. The third-order valence-electron chi connectivity index (χ3n) is 7.79. The highest BCUT2D eigenvalue weighted by atomic mass is 16.5. The van der Waals surface area contributed by atoms with Crippen LogP contribution in [0.1, 0.15) is 47.9 Å². The monoisotopic (exact) mass is 578 g/mol. The zero-order valence-corrected chi connectivity index (χ0v) is 25.3. The Labute approximate surface area is 244 Å². The minimum atomic E-state index is -1.08. The van der Waals surface area contributed by atoms with E-state index in [2.05, 4.69) is 9.80 Å². The molecule has 0 spiro atoms. The number of ether oxygens (including phenoxy) is 3. The standard InChI is InChI=1S/C30H46N2O7.CH4O/c1-22-20-23(2)27(24(3)21-22)28(30(35)36)29(34)25-4-6-26(7-5-25)39-19-18-38-16-13-32-10-8-31(9-11-32)12-15-37-17-14-33;1-2/h14,20-21,25-26,34H,4-13,15-19H2,1-3H3,(H,35,36);2H,1H3/b29-28+;. The van der Waals surface area contributed by atoms with Crippen LogP contribution in [0.25, 0.3) is 5.57 Å². The van der Waals surface area contributed by atoms with Crippen molar-refractivity contribution in [1.29, 1.82) is 0 Å². The Morgan fingerprint density at radius 3 is 1.90 bits per heavy atom. The number of aryl methyl sites for hydroxylation is 3. The van der Waals surface area contributed by atoms with Gasteiger partial charge in [-0.15, -0.1) is 0 Å². The van der Waals surface area contributed by atoms with Crippen LogP contribution in [0.3, 0.4) is 0 Å². The number of carboxylic acids is 1. The molecule has 0 bridgehead atoms. The molecule has 41 heavy (non-hydrogen) atoms. The molecule has 10 nitrogen and oxygen atoms in total. The number of allylic oxidation sites excluding steroid dienone is 1. The summed E-state index contributed by atoms with van der Waals surface area (Å²) < 4.78 is 17.1. The summed E-state index contributed by atoms with van der Waals surface area (Å²) in [6, 6.07) is 3.92. The fourth-order valence-electron chi connectivity index (χ4n) is 5.76. The maximum atomic E-state index is 12.2. The molecule has 3 rings (SSSR count). The molecule has 232 valence electrons. The van der Waals surface area contributed by atoms with E-state index in [9.17, 15) is 19.8 Å². The topological polar surface area (TPSA) is 129 Å². The van der Waals surface area contributed by atoms with Crippen LogP contribution in [0.2, 0.25) is 0 Å². The number of aliphatic carboxylic acids is 1. The average Bonchev–Trinajstić information content (AvgIpc) is 2.96. The average molecular weight is 579 g/mol. The zero-order chi connectivity index (χ0) is 30.2. The van der Waals surface area contributed by atoms with Crippen molar-refractivity contribution >= 4 is 17.8 Å². The second-order valence-electron chi connectivity index (χ2n) is 10.7. The summed E-state index contributed by atoms with van der Waals surface area (Å²) >= 11 is 0. The van der Waals surface area contributed by atoms with E-state index in [0.717, 1.165) is 82.2 Å². The van der Waals surface area contributed by atoms with E-state index < -0.39 is 5.97 Å². The highest BCUT2D eigenvalue weighted by Gasteiger charge is 2.30. The van der Waals surface area contributed by atoms with Crippen molar-refractivity contribution < 1.29 is 39.1 Å². The zero-order valence-electron chi connectivity index (χ0n) is 25.3. The first-order valence-electron chi connectivity index (χ1n) is 14.6. The molecule has 10 heteroatoms. The van der Waals surface area contributed by atoms with E-state index in [1.807, 2.05) is 32.9 Å². The minimum Gasteiger partial charge on any atom is -0.511 e. The van der Waals surface area contributed by atoms with Crippen molar-refractivity contribution in [3.63, 3.8) is 0 Å². The summed E-state index contributed by atoms with van der Waals surface area (Å²) in [5.74, 6) is -1.26. The first-order valence-corrected chi connectivity index (χ1v) is 14.6. The van der Waals surface area contributed by atoms with Gasteiger partial charge in [0.25, 0.3) is 0 Å². The largest absolute Gasteiger partial charge is 0.511 e. The number of carboxylic acid groups (broad SMARTS) is 1. The third kappa shape index (κ3) is 11.5. The third-order valence-corrected chi connectivity index (χ3v) is 7.79. The van der Waals surface area contributed by atoms with Crippen molar-refractivity contribution in [3.8, 4) is 0 Å². The smallest absolute Gasteiger partial charge is 0.339 e. The Morgan fingerprint density at radius 1 is 0.854 bits per heavy atom. The van der Waals surface area contributed by atoms with E-state index in [4.69, 9.17) is 19.3 Å². The first-order chi connectivity index (χ1) is 19.8. The highest BCUT2D eigenvalue weighted by Crippen LogP contribution is 2.36. The second kappa shape index (κ2) is 19.0. The molecule has 0 amide bonds. The van der Waals surface area contributed by atoms with Gasteiger partial charge in [-0.25, -0.2) is 4.79 Å². The van der Waals surface area contributed by atoms with Crippen LogP contribution >= 0.6 is 0 Å². The number of rotatable bonds is 15. The Bertz CT molecular complexity index is 944. The summed E-state index contributed by atoms with van der Waals surface area (Å²) in [6.07, 6.45) is 3.87. The fourth-order valence-corrected chi connectivity index (χ4v) is 5.76. The van der Waals surface area contributed by atoms with Crippen LogP contribution in [0.4, 0.5) is 0 Å². The molecule has 1 aromatic carbocycles. The first kappa shape index (κ1) is 34.9. The lowest BCUT2D eigenvalue weighted by Gasteiger charge is -2.34. The van der Waals surface area contributed by atoms with Gasteiger partial charge < -0.3 is 34.3 Å². The van der Waals surface area contributed by atoms with E-state index in [-0.39, 0.29) is 30.0 Å². The molecule has 1 saturated carbocycles. The fraction of sp³-hybridized carbons (Fsp3) is 0.677. The van der Waals surface area contributed by atoms with Crippen LogP contribution in [0.5, 0.6) is 0 Å². The highest BCUT2D eigenvalue weighted by molar-refractivity contribution is 6.17. The van der Waals surface area contributed by atoms with Gasteiger partial charge in [-0.3, -0.25) is 9.80 Å². The van der Waals surface area contributed by atoms with Crippen molar-refractivity contribution in [3.05, 3.63) is 40.1 Å². The van der Waals surface area contributed by atoms with E-state index in [0.29, 0.717) is 44.8 Å². The van der Waals surface area contributed by atoms with Crippen LogP contribution < -0.4 is 0 Å².